The number of hydrogen-bond acceptors (Lipinski definition) is 3. The van der Waals surface area contributed by atoms with Crippen molar-refractivity contribution in [2.24, 2.45) is 11.3 Å². The molecule has 1 aromatic carbocycles. The van der Waals surface area contributed by atoms with Crippen LogP contribution in [0, 0.1) is 11.3 Å². The molecule has 3 heteroatoms. The largest absolute Gasteiger partial charge is 0.463 e. The quantitative estimate of drug-likeness (QED) is 0.740. The summed E-state index contributed by atoms with van der Waals surface area (Å²) in [6.07, 6.45) is 3.18. The predicted molar refractivity (Wildman–Crippen MR) is 80.7 cm³/mol. The van der Waals surface area contributed by atoms with E-state index in [9.17, 15) is 4.79 Å². The summed E-state index contributed by atoms with van der Waals surface area (Å²) in [7, 11) is 0. The van der Waals surface area contributed by atoms with E-state index in [2.05, 4.69) is 20.8 Å². The fourth-order valence-electron chi connectivity index (χ4n) is 3.68. The number of hydrogen-bond donors (Lipinski definition) is 0. The molecule has 3 nitrogen and oxygen atoms in total. The van der Waals surface area contributed by atoms with Crippen LogP contribution in [0.4, 0.5) is 0 Å². The fraction of sp³-hybridized carbons (Fsp3) is 0.611. The molecule has 2 bridgehead atoms. The SMILES string of the molecule is C[C@@H]1CCOC(=O)[C@@]2(c3ccccc3)O[C@H](CC1)C2(C)C. The lowest BCUT2D eigenvalue weighted by Crippen LogP contribution is -2.68. The number of rotatable bonds is 1. The highest BCUT2D eigenvalue weighted by Crippen LogP contribution is 2.58. The summed E-state index contributed by atoms with van der Waals surface area (Å²) >= 11 is 0. The Morgan fingerprint density at radius 3 is 2.48 bits per heavy atom. The van der Waals surface area contributed by atoms with Gasteiger partial charge in [0.15, 0.2) is 5.60 Å². The minimum atomic E-state index is -0.945. The molecule has 0 N–H and O–H groups in total. The number of carbonyl (C=O) groups is 1. The molecule has 3 aliphatic rings. The monoisotopic (exact) mass is 288 g/mol. The first kappa shape index (κ1) is 14.6. The standard InChI is InChI=1S/C18H24O3/c1-13-9-10-15-17(2,3)18(21-15,16(19)20-12-11-13)14-7-5-4-6-8-14/h4-8,13,15H,9-12H2,1-3H3/t13-,15+,18+/m0/s1. The molecule has 4 rings (SSSR count). The van der Waals surface area contributed by atoms with Gasteiger partial charge < -0.3 is 9.47 Å². The minimum absolute atomic E-state index is 0.116. The molecule has 0 amide bonds. The maximum Gasteiger partial charge on any atom is 0.343 e. The zero-order valence-electron chi connectivity index (χ0n) is 13.1. The highest BCUT2D eigenvalue weighted by molar-refractivity contribution is 5.84. The van der Waals surface area contributed by atoms with Gasteiger partial charge in [0.05, 0.1) is 12.7 Å². The summed E-state index contributed by atoms with van der Waals surface area (Å²) in [6, 6.07) is 9.79. The van der Waals surface area contributed by atoms with Gasteiger partial charge >= 0.3 is 5.97 Å². The van der Waals surface area contributed by atoms with Crippen molar-refractivity contribution in [3.63, 3.8) is 0 Å². The smallest absolute Gasteiger partial charge is 0.343 e. The third kappa shape index (κ3) is 2.10. The normalized spacial score (nSPS) is 35.5. The van der Waals surface area contributed by atoms with Crippen LogP contribution in [0.3, 0.4) is 0 Å². The van der Waals surface area contributed by atoms with Crippen LogP contribution >= 0.6 is 0 Å². The first-order valence-corrected chi connectivity index (χ1v) is 7.89. The summed E-state index contributed by atoms with van der Waals surface area (Å²) in [5, 5.41) is 0. The molecule has 0 aromatic heterocycles. The Kier molecular flexibility index (Phi) is 3.56. The van der Waals surface area contributed by atoms with E-state index in [-0.39, 0.29) is 17.5 Å². The summed E-state index contributed by atoms with van der Waals surface area (Å²) in [5.74, 6) is 0.339. The van der Waals surface area contributed by atoms with Crippen LogP contribution in [-0.2, 0) is 19.9 Å². The van der Waals surface area contributed by atoms with Crippen molar-refractivity contribution in [2.75, 3.05) is 6.61 Å². The van der Waals surface area contributed by atoms with E-state index < -0.39 is 5.60 Å². The van der Waals surface area contributed by atoms with E-state index in [1.54, 1.807) is 0 Å². The molecule has 3 saturated heterocycles. The van der Waals surface area contributed by atoms with Crippen LogP contribution in [-0.4, -0.2) is 18.7 Å². The molecule has 0 unspecified atom stereocenters. The van der Waals surface area contributed by atoms with Crippen molar-refractivity contribution in [1.29, 1.82) is 0 Å². The van der Waals surface area contributed by atoms with Crippen molar-refractivity contribution in [2.45, 2.75) is 51.7 Å². The fourth-order valence-corrected chi connectivity index (χ4v) is 3.68. The Labute approximate surface area is 126 Å². The van der Waals surface area contributed by atoms with Gasteiger partial charge in [-0.1, -0.05) is 51.1 Å². The third-order valence-electron chi connectivity index (χ3n) is 5.26. The molecule has 3 fully saturated rings. The lowest BCUT2D eigenvalue weighted by Gasteiger charge is -2.59. The molecular weight excluding hydrogens is 264 g/mol. The van der Waals surface area contributed by atoms with Gasteiger partial charge in [-0.15, -0.1) is 0 Å². The van der Waals surface area contributed by atoms with Crippen LogP contribution in [0.1, 0.15) is 45.6 Å². The summed E-state index contributed by atoms with van der Waals surface area (Å²) in [6.45, 7) is 6.95. The van der Waals surface area contributed by atoms with E-state index in [4.69, 9.17) is 9.47 Å². The highest BCUT2D eigenvalue weighted by Gasteiger charge is 2.67. The van der Waals surface area contributed by atoms with Crippen LogP contribution in [0.2, 0.25) is 0 Å². The highest BCUT2D eigenvalue weighted by atomic mass is 16.6. The molecule has 0 aliphatic carbocycles. The molecule has 3 atom stereocenters. The van der Waals surface area contributed by atoms with Crippen LogP contribution < -0.4 is 0 Å². The summed E-state index contributed by atoms with van der Waals surface area (Å²) < 4.78 is 11.8. The molecule has 1 aromatic rings. The lowest BCUT2D eigenvalue weighted by atomic mass is 9.60. The molecule has 21 heavy (non-hydrogen) atoms. The number of benzene rings is 1. The average Bonchev–Trinajstić information content (AvgIpc) is 2.47. The van der Waals surface area contributed by atoms with Gasteiger partial charge in [0, 0.05) is 5.41 Å². The van der Waals surface area contributed by atoms with E-state index in [0.29, 0.717) is 12.5 Å². The van der Waals surface area contributed by atoms with Crippen molar-refractivity contribution in [1.82, 2.24) is 0 Å². The van der Waals surface area contributed by atoms with Gasteiger partial charge in [0.1, 0.15) is 0 Å². The second kappa shape index (κ2) is 5.13. The molecule has 0 radical (unpaired) electrons. The van der Waals surface area contributed by atoms with Crippen LogP contribution in [0.15, 0.2) is 30.3 Å². The zero-order valence-corrected chi connectivity index (χ0v) is 13.1. The van der Waals surface area contributed by atoms with Gasteiger partial charge in [0.2, 0.25) is 0 Å². The number of ether oxygens (including phenoxy) is 2. The van der Waals surface area contributed by atoms with Crippen molar-refractivity contribution >= 4 is 5.97 Å². The number of esters is 1. The van der Waals surface area contributed by atoms with Crippen LogP contribution in [0.5, 0.6) is 0 Å². The van der Waals surface area contributed by atoms with Crippen molar-refractivity contribution in [3.05, 3.63) is 35.9 Å². The Hall–Kier alpha value is -1.35. The first-order valence-electron chi connectivity index (χ1n) is 7.89. The van der Waals surface area contributed by atoms with Gasteiger partial charge in [-0.3, -0.25) is 0 Å². The van der Waals surface area contributed by atoms with Gasteiger partial charge in [-0.05, 0) is 30.7 Å². The van der Waals surface area contributed by atoms with Gasteiger partial charge in [0.25, 0.3) is 0 Å². The van der Waals surface area contributed by atoms with Crippen molar-refractivity contribution < 1.29 is 14.3 Å². The van der Waals surface area contributed by atoms with E-state index in [1.165, 1.54) is 0 Å². The Morgan fingerprint density at radius 1 is 1.10 bits per heavy atom. The molecule has 3 heterocycles. The third-order valence-corrected chi connectivity index (χ3v) is 5.26. The number of carbonyl (C=O) groups excluding carboxylic acids is 1. The van der Waals surface area contributed by atoms with E-state index >= 15 is 0 Å². The van der Waals surface area contributed by atoms with Crippen LogP contribution in [0.25, 0.3) is 0 Å². The topological polar surface area (TPSA) is 35.5 Å². The summed E-state index contributed by atoms with van der Waals surface area (Å²) in [4.78, 5) is 12.8. The second-order valence-corrected chi connectivity index (χ2v) is 6.98. The number of fused-ring (bicyclic) bond motifs is 6. The average molecular weight is 288 g/mol. The summed E-state index contributed by atoms with van der Waals surface area (Å²) in [5.41, 5.74) is -0.285. The first-order chi connectivity index (χ1) is 9.98. The Bertz CT molecular complexity index is 523. The van der Waals surface area contributed by atoms with E-state index in [1.807, 2.05) is 30.3 Å². The van der Waals surface area contributed by atoms with Crippen molar-refractivity contribution in [3.8, 4) is 0 Å². The second-order valence-electron chi connectivity index (χ2n) is 6.98. The Balaban J connectivity index is 1.99. The maximum absolute atomic E-state index is 12.8. The predicted octanol–water partition coefficient (Wildman–Crippen LogP) is 3.67. The zero-order chi connectivity index (χ0) is 15.1. The maximum atomic E-state index is 12.8. The molecule has 114 valence electrons. The molecular formula is C18H24O3. The molecule has 3 aliphatic heterocycles. The van der Waals surface area contributed by atoms with E-state index in [0.717, 1.165) is 24.8 Å². The minimum Gasteiger partial charge on any atom is -0.463 e. The van der Waals surface area contributed by atoms with Gasteiger partial charge in [-0.25, -0.2) is 4.79 Å². The molecule has 0 saturated carbocycles. The Morgan fingerprint density at radius 2 is 1.81 bits per heavy atom. The lowest BCUT2D eigenvalue weighted by molar-refractivity contribution is -0.313. The molecule has 0 spiro atoms. The van der Waals surface area contributed by atoms with Gasteiger partial charge in [-0.2, -0.15) is 0 Å².